The number of benzene rings is 2. The van der Waals surface area contributed by atoms with Gasteiger partial charge in [0, 0.05) is 42.9 Å². The van der Waals surface area contributed by atoms with Crippen molar-refractivity contribution in [3.8, 4) is 0 Å². The van der Waals surface area contributed by atoms with Crippen molar-refractivity contribution >= 4 is 46.5 Å². The second-order valence-corrected chi connectivity index (χ2v) is 15.5. The number of nitrogens with two attached hydrogens (primary N) is 1. The van der Waals surface area contributed by atoms with Crippen molar-refractivity contribution in [2.45, 2.75) is 116 Å². The Bertz CT molecular complexity index is 1790. The molecule has 1 saturated heterocycles. The Balaban J connectivity index is 1.70. The molecule has 1 aromatic heterocycles. The van der Waals surface area contributed by atoms with E-state index in [1.165, 1.54) is 0 Å². The fourth-order valence-corrected chi connectivity index (χ4v) is 6.51. The number of H-pyrrole nitrogens is 1. The fourth-order valence-electron chi connectivity index (χ4n) is 6.51. The normalized spacial score (nSPS) is 17.8. The smallest absolute Gasteiger partial charge is 0.408 e. The average Bonchev–Trinajstić information content (AvgIpc) is 3.54. The fraction of sp³-hybridized carbons (Fsp3) is 0.512. The van der Waals surface area contributed by atoms with Crippen LogP contribution in [0.15, 0.2) is 60.8 Å². The van der Waals surface area contributed by atoms with E-state index < -0.39 is 65.4 Å². The molecule has 0 spiro atoms. The van der Waals surface area contributed by atoms with Gasteiger partial charge in [-0.1, -0.05) is 62.4 Å². The van der Waals surface area contributed by atoms with E-state index in [-0.39, 0.29) is 32.1 Å². The summed E-state index contributed by atoms with van der Waals surface area (Å²) < 4.78 is 5.37. The highest BCUT2D eigenvalue weighted by Crippen LogP contribution is 2.22. The molecule has 1 aliphatic rings. The van der Waals surface area contributed by atoms with E-state index in [0.717, 1.165) is 27.8 Å². The van der Waals surface area contributed by atoms with Gasteiger partial charge in [0.05, 0.1) is 0 Å². The Hall–Kier alpha value is -5.24. The van der Waals surface area contributed by atoms with Gasteiger partial charge in [-0.25, -0.2) is 4.79 Å². The summed E-state index contributed by atoms with van der Waals surface area (Å²) in [5.74, 6) is -2.89. The predicted molar refractivity (Wildman–Crippen MR) is 209 cm³/mol. The minimum absolute atomic E-state index is 0.00688. The predicted octanol–water partition coefficient (Wildman–Crippen LogP) is 3.62. The van der Waals surface area contributed by atoms with Gasteiger partial charge < -0.3 is 36.7 Å². The van der Waals surface area contributed by atoms with Gasteiger partial charge in [0.2, 0.25) is 23.6 Å². The number of aromatic nitrogens is 1. The van der Waals surface area contributed by atoms with Crippen LogP contribution in [0.5, 0.6) is 0 Å². The van der Waals surface area contributed by atoms with Gasteiger partial charge in [-0.15, -0.1) is 0 Å². The molecule has 1 aliphatic heterocycles. The van der Waals surface area contributed by atoms with Gasteiger partial charge in [0.15, 0.2) is 0 Å². The molecule has 7 N–H and O–H groups in total. The lowest BCUT2D eigenvalue weighted by Gasteiger charge is -2.33. The molecule has 0 unspecified atom stereocenters. The number of imide groups is 1. The summed E-state index contributed by atoms with van der Waals surface area (Å²) in [6, 6.07) is 11.8. The van der Waals surface area contributed by atoms with E-state index in [1.54, 1.807) is 51.2 Å². The van der Waals surface area contributed by atoms with Gasteiger partial charge in [-0.05, 0) is 82.5 Å². The monoisotopic (exact) mass is 759 g/mol. The van der Waals surface area contributed by atoms with Crippen LogP contribution in [0.3, 0.4) is 0 Å². The summed E-state index contributed by atoms with van der Waals surface area (Å²) in [6.45, 7) is 9.87. The van der Waals surface area contributed by atoms with E-state index in [4.69, 9.17) is 10.5 Å². The van der Waals surface area contributed by atoms with Crippen molar-refractivity contribution in [3.63, 3.8) is 0 Å². The Morgan fingerprint density at radius 1 is 0.964 bits per heavy atom. The lowest BCUT2D eigenvalue weighted by atomic mass is 10.00. The number of rotatable bonds is 16. The standard InChI is InChI=1S/C41H57N7O7/c1-26(2)20-22-43-36(50)32(24-28-25-44-30-16-10-9-15-29(28)30)45-38(52)34(17-11-12-21-42)48-35(49)19-18-31(47-40(54)55-41(3,4)5)37(51)46-33(39(48)53)23-27-13-7-6-8-14-27/h6-10,13-16,25-26,31-34,44H,11-12,17-24,42H2,1-5H3,(H,43,50)(H,45,52)(H,46,51)(H,47,54)/t31-,32+,33-,34+/m1/s1. The van der Waals surface area contributed by atoms with Crippen LogP contribution in [0.25, 0.3) is 10.9 Å². The van der Waals surface area contributed by atoms with Crippen molar-refractivity contribution in [3.05, 3.63) is 71.9 Å². The van der Waals surface area contributed by atoms with E-state index >= 15 is 0 Å². The zero-order valence-corrected chi connectivity index (χ0v) is 32.6. The topological polar surface area (TPSA) is 205 Å². The maximum atomic E-state index is 14.6. The summed E-state index contributed by atoms with van der Waals surface area (Å²) in [5, 5.41) is 12.1. The molecule has 2 heterocycles. The minimum Gasteiger partial charge on any atom is -0.444 e. The van der Waals surface area contributed by atoms with Crippen LogP contribution < -0.4 is 27.0 Å². The summed E-state index contributed by atoms with van der Waals surface area (Å²) >= 11 is 0. The minimum atomic E-state index is -1.33. The van der Waals surface area contributed by atoms with E-state index in [9.17, 15) is 28.8 Å². The number of hydrogen-bond donors (Lipinski definition) is 6. The Kier molecular flexibility index (Phi) is 15.4. The van der Waals surface area contributed by atoms with Crippen molar-refractivity contribution < 1.29 is 33.5 Å². The molecule has 6 amide bonds. The SMILES string of the molecule is CC(C)CCNC(=O)[C@H](Cc1c[nH]c2ccccc12)NC(=O)[C@H](CCCCN)N1C(=O)CC[C@@H](NC(=O)OC(C)(C)C)C(=O)N[C@H](Cc2ccccc2)C1=O. The molecule has 0 radical (unpaired) electrons. The van der Waals surface area contributed by atoms with Gasteiger partial charge in [-0.2, -0.15) is 0 Å². The molecule has 1 fully saturated rings. The number of carbonyl (C=O) groups excluding carboxylic acids is 6. The maximum absolute atomic E-state index is 14.6. The molecular weight excluding hydrogens is 702 g/mol. The first-order valence-corrected chi connectivity index (χ1v) is 19.2. The zero-order chi connectivity index (χ0) is 40.1. The van der Waals surface area contributed by atoms with E-state index in [1.807, 2.05) is 44.2 Å². The zero-order valence-electron chi connectivity index (χ0n) is 32.6. The molecule has 14 nitrogen and oxygen atoms in total. The second-order valence-electron chi connectivity index (χ2n) is 15.5. The van der Waals surface area contributed by atoms with Crippen molar-refractivity contribution in [1.82, 2.24) is 31.2 Å². The first-order valence-electron chi connectivity index (χ1n) is 19.2. The van der Waals surface area contributed by atoms with Crippen LogP contribution in [-0.2, 0) is 41.6 Å². The average molecular weight is 760 g/mol. The van der Waals surface area contributed by atoms with E-state index in [2.05, 4.69) is 26.3 Å². The van der Waals surface area contributed by atoms with Gasteiger partial charge >= 0.3 is 6.09 Å². The molecule has 4 rings (SSSR count). The number of fused-ring (bicyclic) bond motifs is 1. The third-order valence-electron chi connectivity index (χ3n) is 9.36. The number of hydrogen-bond acceptors (Lipinski definition) is 8. The maximum Gasteiger partial charge on any atom is 0.408 e. The third-order valence-corrected chi connectivity index (χ3v) is 9.36. The largest absolute Gasteiger partial charge is 0.444 e. The van der Waals surface area contributed by atoms with Crippen molar-refractivity contribution in [1.29, 1.82) is 0 Å². The van der Waals surface area contributed by atoms with E-state index in [0.29, 0.717) is 37.4 Å². The van der Waals surface area contributed by atoms with Crippen LogP contribution in [-0.4, -0.2) is 88.4 Å². The lowest BCUT2D eigenvalue weighted by Crippen LogP contribution is -2.60. The molecule has 14 heteroatoms. The molecule has 298 valence electrons. The number of unbranched alkanes of at least 4 members (excludes halogenated alkanes) is 1. The quantitative estimate of drug-likeness (QED) is 0.0938. The highest BCUT2D eigenvalue weighted by molar-refractivity contribution is 6.05. The number of carbonyl (C=O) groups is 6. The Labute approximate surface area is 323 Å². The number of amides is 6. The molecule has 0 saturated carbocycles. The summed E-state index contributed by atoms with van der Waals surface area (Å²) in [5.41, 5.74) is 7.36. The molecule has 2 aromatic carbocycles. The van der Waals surface area contributed by atoms with Gasteiger partial charge in [0.1, 0.15) is 29.8 Å². The molecule has 4 atom stereocenters. The number of aromatic amines is 1. The number of nitrogens with one attached hydrogen (secondary N) is 5. The third kappa shape index (κ3) is 12.7. The van der Waals surface area contributed by atoms with Crippen LogP contribution in [0, 0.1) is 5.92 Å². The molecule has 0 bridgehead atoms. The highest BCUT2D eigenvalue weighted by atomic mass is 16.6. The summed E-state index contributed by atoms with van der Waals surface area (Å²) in [4.78, 5) is 87.8. The van der Waals surface area contributed by atoms with Crippen LogP contribution in [0.1, 0.15) is 84.3 Å². The number of para-hydroxylation sites is 1. The van der Waals surface area contributed by atoms with Crippen molar-refractivity contribution in [2.24, 2.45) is 11.7 Å². The van der Waals surface area contributed by atoms with Crippen LogP contribution in [0.2, 0.25) is 0 Å². The first-order chi connectivity index (χ1) is 26.2. The summed E-state index contributed by atoms with van der Waals surface area (Å²) in [7, 11) is 0. The molecular formula is C41H57N7O7. The second kappa shape index (κ2) is 19.9. The number of alkyl carbamates (subject to hydrolysis) is 1. The Morgan fingerprint density at radius 3 is 2.36 bits per heavy atom. The van der Waals surface area contributed by atoms with Crippen LogP contribution in [0.4, 0.5) is 4.79 Å². The van der Waals surface area contributed by atoms with Crippen molar-refractivity contribution in [2.75, 3.05) is 13.1 Å². The summed E-state index contributed by atoms with van der Waals surface area (Å²) in [6.07, 6.45) is 2.32. The number of nitrogens with zero attached hydrogens (tertiary/aromatic N) is 1. The molecule has 55 heavy (non-hydrogen) atoms. The van der Waals surface area contributed by atoms with Gasteiger partial charge in [0.25, 0.3) is 5.91 Å². The highest BCUT2D eigenvalue weighted by Gasteiger charge is 2.42. The van der Waals surface area contributed by atoms with Gasteiger partial charge in [-0.3, -0.25) is 28.9 Å². The van der Waals surface area contributed by atoms with Crippen LogP contribution >= 0.6 is 0 Å². The number of ether oxygens (including phenoxy) is 1. The first kappa shape index (κ1) is 42.5. The molecule has 0 aliphatic carbocycles. The Morgan fingerprint density at radius 2 is 1.67 bits per heavy atom. The lowest BCUT2D eigenvalue weighted by molar-refractivity contribution is -0.154. The molecule has 3 aromatic rings.